The molecule has 9 saturated heterocycles. The molecule has 9 aliphatic rings. The predicted molar refractivity (Wildman–Crippen MR) is 326 cm³/mol. The van der Waals surface area contributed by atoms with Crippen molar-refractivity contribution in [2.75, 3.05) is 39.6 Å². The minimum Gasteiger partial charge on any atom is -0.394 e. The van der Waals surface area contributed by atoms with Gasteiger partial charge in [0.1, 0.15) is 201 Å². The molecule has 2 amide bonds. The molecule has 49 heteroatoms. The van der Waals surface area contributed by atoms with E-state index in [-0.39, 0.29) is 0 Å². The Morgan fingerprint density at radius 1 is 0.299 bits per heavy atom. The number of ether oxygens (including phenoxy) is 17. The summed E-state index contributed by atoms with van der Waals surface area (Å²) >= 11 is 0. The summed E-state index contributed by atoms with van der Waals surface area (Å²) in [5.74, 6) is -2.14. The third-order valence-corrected chi connectivity index (χ3v) is 20.1. The second kappa shape index (κ2) is 37.2. The lowest BCUT2D eigenvalue weighted by atomic mass is 9.93. The van der Waals surface area contributed by atoms with Crippen molar-refractivity contribution in [2.24, 2.45) is 0 Å². The van der Waals surface area contributed by atoms with Crippen LogP contribution >= 0.6 is 0 Å². The highest BCUT2D eigenvalue weighted by atomic mass is 32.3. The highest BCUT2D eigenvalue weighted by Crippen LogP contribution is 2.41. The van der Waals surface area contributed by atoms with Gasteiger partial charge in [-0.15, -0.1) is 0 Å². The molecule has 45 atom stereocenters. The molecule has 0 spiro atoms. The Kier molecular flexibility index (Phi) is 30.7. The van der Waals surface area contributed by atoms with Gasteiger partial charge in [0.2, 0.25) is 11.8 Å². The number of hydrogen-bond donors (Lipinski definition) is 26. The van der Waals surface area contributed by atoms with E-state index in [1.165, 1.54) is 20.8 Å². The first kappa shape index (κ1) is 88.2. The highest BCUT2D eigenvalue weighted by molar-refractivity contribution is 7.80. The molecule has 622 valence electrons. The Balaban J connectivity index is 1.10. The Morgan fingerprint density at radius 2 is 0.598 bits per heavy atom. The minimum atomic E-state index is -5.65. The van der Waals surface area contributed by atoms with Crippen LogP contribution in [0, 0.1) is 0 Å². The minimum absolute atomic E-state index is 0.861. The summed E-state index contributed by atoms with van der Waals surface area (Å²) in [6.45, 7) is -1.94. The summed E-state index contributed by atoms with van der Waals surface area (Å²) in [5, 5.41) is 259. The molecule has 48 nitrogen and oxygen atoms in total. The predicted octanol–water partition coefficient (Wildman–Crippen LogP) is -17.4. The van der Waals surface area contributed by atoms with Crippen LogP contribution in [0.4, 0.5) is 0 Å². The molecular weight excluding hydrogens is 1490 g/mol. The van der Waals surface area contributed by atoms with Crippen LogP contribution in [0.3, 0.4) is 0 Å². The summed E-state index contributed by atoms with van der Waals surface area (Å²) < 4.78 is 141. The molecular formula is C58H98N2O46S. The Bertz CT molecular complexity index is 2930. The molecule has 107 heavy (non-hydrogen) atoms. The second-order valence-corrected chi connectivity index (χ2v) is 28.2. The molecule has 0 saturated carbocycles. The van der Waals surface area contributed by atoms with Gasteiger partial charge in [-0.25, -0.2) is 4.18 Å². The van der Waals surface area contributed by atoms with E-state index in [4.69, 9.17) is 84.7 Å². The number of aliphatic hydroxyl groups excluding tert-OH is 23. The van der Waals surface area contributed by atoms with Crippen molar-refractivity contribution in [2.45, 2.75) is 311 Å². The lowest BCUT2D eigenvalue weighted by Gasteiger charge is -2.53. The van der Waals surface area contributed by atoms with Crippen molar-refractivity contribution < 1.29 is 225 Å². The van der Waals surface area contributed by atoms with Crippen LogP contribution in [-0.2, 0) is 105 Å². The van der Waals surface area contributed by atoms with Gasteiger partial charge in [0.05, 0.1) is 58.0 Å². The van der Waals surface area contributed by atoms with E-state index in [9.17, 15) is 140 Å². The molecule has 9 fully saturated rings. The van der Waals surface area contributed by atoms with Gasteiger partial charge in [0, 0.05) is 13.8 Å². The fraction of sp³-hybridized carbons (Fsp3) is 0.966. The van der Waals surface area contributed by atoms with Crippen LogP contribution in [0.25, 0.3) is 0 Å². The number of rotatable bonds is 26. The zero-order chi connectivity index (χ0) is 79.0. The number of aliphatic hydroxyl groups is 23. The van der Waals surface area contributed by atoms with E-state index >= 15 is 0 Å². The maximum atomic E-state index is 13.6. The van der Waals surface area contributed by atoms with Crippen LogP contribution in [-0.4, -0.2) is 458 Å². The Morgan fingerprint density at radius 3 is 0.991 bits per heavy atom. The van der Waals surface area contributed by atoms with Gasteiger partial charge in [-0.2, -0.15) is 8.42 Å². The van der Waals surface area contributed by atoms with Crippen molar-refractivity contribution >= 4 is 22.2 Å². The molecule has 0 aromatic heterocycles. The smallest absolute Gasteiger partial charge is 0.394 e. The summed E-state index contributed by atoms with van der Waals surface area (Å²) in [4.78, 5) is 27.1. The average Bonchev–Trinajstić information content (AvgIpc) is 0.759. The largest absolute Gasteiger partial charge is 0.397 e. The van der Waals surface area contributed by atoms with Gasteiger partial charge in [0.15, 0.2) is 56.6 Å². The van der Waals surface area contributed by atoms with E-state index in [1.54, 1.807) is 0 Å². The van der Waals surface area contributed by atoms with Crippen LogP contribution in [0.1, 0.15) is 34.6 Å². The average molecular weight is 1590 g/mol. The van der Waals surface area contributed by atoms with E-state index in [1.807, 2.05) is 0 Å². The monoisotopic (exact) mass is 1590 g/mol. The SMILES string of the molecule is CC(=O)N[C@H]1[C@H](O[C@H]2[C@@H](O)[C@@H](CO)O[C@@H](O[C@H]3[C@H](O[C@@H]4O[C@@H](C)[C@@H](O)[C@@H](O)[C@@H]4O)[C@@H](NC(C)=O)[C@H](O[C@H]4[C@@H](O)[C@@H](CO)O[C@@H](O[C@H]5[C@H](O)[C@@H](O)[C@H](O)O[C@@H]5CO)[C@@H]4O)O[C@@H]3COS(=O)(=O)O)[C@@H]2O)O[C@H](CO)[C@@H](O[C@@H]2O[C@@H](C)[C@@H](O)[C@@H](O)[C@@H]2O)[C@@H]1O[C@@H]1O[C@H](CO)[C@H](O)[C@H](O)[C@H]1O[C@@H]1O[C@@H](C)[C@@H](O)[C@@H](O)[C@@H]1O. The molecule has 0 aliphatic carbocycles. The van der Waals surface area contributed by atoms with Gasteiger partial charge >= 0.3 is 10.4 Å². The summed E-state index contributed by atoms with van der Waals surface area (Å²) in [6.07, 6.45) is -90.3. The van der Waals surface area contributed by atoms with Gasteiger partial charge in [-0.05, 0) is 20.8 Å². The highest BCUT2D eigenvalue weighted by Gasteiger charge is 2.62. The summed E-state index contributed by atoms with van der Waals surface area (Å²) in [7, 11) is -5.65. The molecule has 0 aromatic rings. The van der Waals surface area contributed by atoms with Crippen LogP contribution in [0.15, 0.2) is 0 Å². The number of amides is 2. The molecule has 0 aromatic carbocycles. The van der Waals surface area contributed by atoms with E-state index < -0.39 is 338 Å². The lowest BCUT2D eigenvalue weighted by Crippen LogP contribution is -2.72. The zero-order valence-electron chi connectivity index (χ0n) is 57.3. The van der Waals surface area contributed by atoms with Crippen LogP contribution in [0.5, 0.6) is 0 Å². The first-order valence-corrected chi connectivity index (χ1v) is 35.2. The number of carbonyl (C=O) groups excluding carboxylic acids is 2. The van der Waals surface area contributed by atoms with Crippen LogP contribution in [0.2, 0.25) is 0 Å². The topological polar surface area (TPSA) is 744 Å². The van der Waals surface area contributed by atoms with Crippen molar-refractivity contribution in [3.63, 3.8) is 0 Å². The molecule has 0 radical (unpaired) electrons. The summed E-state index contributed by atoms with van der Waals surface area (Å²) in [6, 6.07) is -4.29. The standard InChI is InChI=1S/C58H98N2O46S/c1-12-25(68)31(74)37(80)53(90-12)100-43-21(10-65)97-51(23(59-15(4)66)45(43)103-58-49(34(77)28(71)17(6-61)96-58)106-55-39(82)33(76)27(70)14(3)92-55)104-48-30(73)19(8-63)95-57(41(48)84)101-44-22(11-89-107(86,87)88)98-52(24(60-16(5)67)46(44)102-54-38(81)32(75)26(69)13(2)91-54)105-47-29(72)18(7-62)94-56(40(47)83)99-42-20(9-64)93-50(85)36(79)35(42)78/h12-14,17-58,61-65,68-85H,6-11H2,1-5H3,(H,59,66)(H,60,67)(H,86,87,88)/t12-,13-,14-,17+,18+,19+,20+,21+,22+,23+,24+,25+,26+,27+,28-,29-,30-,31+,32+,33+,34-,35+,36+,37-,38-,39-,40+,41+,42+,43+,44+,45+,46+,47-,48-,49+,50+,51-,52-,53-,54-,55-,56-,57-,58-/m0/s1. The summed E-state index contributed by atoms with van der Waals surface area (Å²) in [5.41, 5.74) is 0. The zero-order valence-corrected chi connectivity index (χ0v) is 58.2. The van der Waals surface area contributed by atoms with Gasteiger partial charge < -0.3 is 209 Å². The van der Waals surface area contributed by atoms with Crippen molar-refractivity contribution in [3.8, 4) is 0 Å². The number of hydrogen-bond acceptors (Lipinski definition) is 45. The third-order valence-electron chi connectivity index (χ3n) is 19.7. The first-order chi connectivity index (χ1) is 50.3. The Hall–Kier alpha value is -2.79. The normalized spacial score (nSPS) is 50.9. The maximum Gasteiger partial charge on any atom is 0.397 e. The fourth-order valence-electron chi connectivity index (χ4n) is 13.7. The van der Waals surface area contributed by atoms with Crippen molar-refractivity contribution in [3.05, 3.63) is 0 Å². The quantitative estimate of drug-likeness (QED) is 0.0358. The van der Waals surface area contributed by atoms with E-state index in [2.05, 4.69) is 10.6 Å². The van der Waals surface area contributed by atoms with Gasteiger partial charge in [0.25, 0.3) is 0 Å². The second-order valence-electron chi connectivity index (χ2n) is 27.1. The van der Waals surface area contributed by atoms with E-state index in [0.717, 1.165) is 13.8 Å². The van der Waals surface area contributed by atoms with E-state index in [0.29, 0.717) is 0 Å². The fourth-order valence-corrected chi connectivity index (χ4v) is 14.0. The lowest BCUT2D eigenvalue weighted by molar-refractivity contribution is -0.404. The van der Waals surface area contributed by atoms with Gasteiger partial charge in [-0.1, -0.05) is 0 Å². The Labute approximate surface area is 606 Å². The number of nitrogens with one attached hydrogen (secondary N) is 2. The van der Waals surface area contributed by atoms with Gasteiger partial charge in [-0.3, -0.25) is 14.1 Å². The first-order valence-electron chi connectivity index (χ1n) is 33.9. The maximum absolute atomic E-state index is 13.6. The molecule has 9 rings (SSSR count). The van der Waals surface area contributed by atoms with Crippen molar-refractivity contribution in [1.82, 2.24) is 10.6 Å². The molecule has 9 heterocycles. The molecule has 9 aliphatic heterocycles. The molecule has 0 unspecified atom stereocenters. The molecule has 26 N–H and O–H groups in total. The third kappa shape index (κ3) is 19.4. The molecule has 0 bridgehead atoms. The number of carbonyl (C=O) groups is 2. The van der Waals surface area contributed by atoms with Crippen LogP contribution < -0.4 is 10.6 Å². The van der Waals surface area contributed by atoms with Crippen molar-refractivity contribution in [1.29, 1.82) is 0 Å².